The number of carbonyl (C=O) groups is 1. The third-order valence-corrected chi connectivity index (χ3v) is 3.79. The third-order valence-electron chi connectivity index (χ3n) is 2.71. The maximum absolute atomic E-state index is 10.9. The fourth-order valence-corrected chi connectivity index (χ4v) is 2.72. The zero-order chi connectivity index (χ0) is 15.4. The average Bonchev–Trinajstić information content (AvgIpc) is 2.86. The normalized spacial score (nSPS) is 10.9. The monoisotopic (exact) mass is 325 g/mol. The van der Waals surface area contributed by atoms with E-state index in [-0.39, 0.29) is 5.69 Å². The molecule has 21 heavy (non-hydrogen) atoms. The van der Waals surface area contributed by atoms with E-state index in [0.717, 1.165) is 16.3 Å². The Hall–Kier alpha value is -1.59. The number of benzene rings is 1. The summed E-state index contributed by atoms with van der Waals surface area (Å²) in [5.74, 6) is 0.173. The fourth-order valence-electron chi connectivity index (χ4n) is 1.74. The maximum Gasteiger partial charge on any atom is 0.355 e. The minimum atomic E-state index is -1.01. The zero-order valence-corrected chi connectivity index (χ0v) is 13.4. The number of halogens is 1. The molecule has 0 spiro atoms. The van der Waals surface area contributed by atoms with Crippen LogP contribution in [0.3, 0.4) is 0 Å². The number of nitrogens with zero attached hydrogens (tertiary/aromatic N) is 1. The smallest absolute Gasteiger partial charge is 0.355 e. The highest BCUT2D eigenvalue weighted by Crippen LogP contribution is 2.27. The van der Waals surface area contributed by atoms with Gasteiger partial charge in [0.2, 0.25) is 0 Å². The molecule has 0 aliphatic rings. The van der Waals surface area contributed by atoms with Gasteiger partial charge in [-0.2, -0.15) is 0 Å². The molecular weight excluding hydrogens is 310 g/mol. The van der Waals surface area contributed by atoms with Gasteiger partial charge in [0.25, 0.3) is 0 Å². The lowest BCUT2D eigenvalue weighted by Gasteiger charge is -2.13. The first-order valence-electron chi connectivity index (χ1n) is 6.54. The number of hydrogen-bond acceptors (Lipinski definition) is 4. The van der Waals surface area contributed by atoms with Crippen LogP contribution in [0.2, 0.25) is 5.02 Å². The summed E-state index contributed by atoms with van der Waals surface area (Å²) in [5, 5.41) is 11.8. The van der Waals surface area contributed by atoms with E-state index in [4.69, 9.17) is 21.4 Å². The molecule has 4 nitrogen and oxygen atoms in total. The number of aromatic nitrogens is 1. The average molecular weight is 326 g/mol. The number of aromatic carboxylic acids is 1. The Morgan fingerprint density at radius 1 is 1.48 bits per heavy atom. The summed E-state index contributed by atoms with van der Waals surface area (Å²) in [5.41, 5.74) is 0.983. The molecule has 1 N–H and O–H groups in total. The Bertz CT molecular complexity index is 640. The van der Waals surface area contributed by atoms with Crippen LogP contribution in [-0.2, 0) is 6.42 Å². The molecule has 2 rings (SSSR count). The number of thiazole rings is 1. The van der Waals surface area contributed by atoms with Crippen molar-refractivity contribution in [3.05, 3.63) is 44.9 Å². The van der Waals surface area contributed by atoms with Crippen LogP contribution in [0.5, 0.6) is 5.75 Å². The van der Waals surface area contributed by atoms with Crippen molar-refractivity contribution in [2.75, 3.05) is 6.61 Å². The van der Waals surface area contributed by atoms with Gasteiger partial charge in [-0.1, -0.05) is 25.4 Å². The Morgan fingerprint density at radius 3 is 2.86 bits per heavy atom. The SMILES string of the molecule is CC(C)COc1ccc(Cl)cc1Cc1nc(C(=O)O)cs1. The van der Waals surface area contributed by atoms with E-state index in [1.807, 2.05) is 12.1 Å². The first kappa shape index (κ1) is 15.8. The molecule has 1 aromatic heterocycles. The predicted molar refractivity (Wildman–Crippen MR) is 83.7 cm³/mol. The highest BCUT2D eigenvalue weighted by atomic mass is 35.5. The molecule has 1 heterocycles. The first-order valence-corrected chi connectivity index (χ1v) is 7.80. The van der Waals surface area contributed by atoms with Gasteiger partial charge in [0, 0.05) is 22.4 Å². The van der Waals surface area contributed by atoms with Gasteiger partial charge in [-0.05, 0) is 24.1 Å². The number of rotatable bonds is 6. The Labute approximate surface area is 132 Å². The van der Waals surface area contributed by atoms with Gasteiger partial charge < -0.3 is 9.84 Å². The van der Waals surface area contributed by atoms with Crippen LogP contribution in [0.15, 0.2) is 23.6 Å². The molecule has 0 bridgehead atoms. The molecule has 0 unspecified atom stereocenters. The second kappa shape index (κ2) is 6.91. The van der Waals surface area contributed by atoms with Crippen molar-refractivity contribution in [1.82, 2.24) is 4.98 Å². The maximum atomic E-state index is 10.9. The van der Waals surface area contributed by atoms with Gasteiger partial charge >= 0.3 is 5.97 Å². The van der Waals surface area contributed by atoms with Crippen LogP contribution in [0, 0.1) is 5.92 Å². The molecule has 2 aromatic rings. The zero-order valence-electron chi connectivity index (χ0n) is 11.8. The van der Waals surface area contributed by atoms with Crippen LogP contribution in [0.25, 0.3) is 0 Å². The topological polar surface area (TPSA) is 59.4 Å². The number of ether oxygens (including phenoxy) is 1. The van der Waals surface area contributed by atoms with Crippen LogP contribution in [0.1, 0.15) is 34.9 Å². The fraction of sp³-hybridized carbons (Fsp3) is 0.333. The van der Waals surface area contributed by atoms with Crippen molar-refractivity contribution in [2.24, 2.45) is 5.92 Å². The quantitative estimate of drug-likeness (QED) is 0.867. The highest BCUT2D eigenvalue weighted by Gasteiger charge is 2.12. The van der Waals surface area contributed by atoms with Gasteiger partial charge in [-0.25, -0.2) is 9.78 Å². The van der Waals surface area contributed by atoms with Crippen molar-refractivity contribution in [3.63, 3.8) is 0 Å². The summed E-state index contributed by atoms with van der Waals surface area (Å²) in [6.07, 6.45) is 0.506. The lowest BCUT2D eigenvalue weighted by Crippen LogP contribution is -2.06. The van der Waals surface area contributed by atoms with Crippen molar-refractivity contribution in [3.8, 4) is 5.75 Å². The standard InChI is InChI=1S/C15H16ClNO3S/c1-9(2)7-20-13-4-3-11(16)5-10(13)6-14-17-12(8-21-14)15(18)19/h3-5,8-9H,6-7H2,1-2H3,(H,18,19). The summed E-state index contributed by atoms with van der Waals surface area (Å²) in [6.45, 7) is 4.78. The van der Waals surface area contributed by atoms with Crippen molar-refractivity contribution >= 4 is 28.9 Å². The van der Waals surface area contributed by atoms with E-state index in [1.165, 1.54) is 16.7 Å². The van der Waals surface area contributed by atoms with Gasteiger partial charge in [0.05, 0.1) is 11.6 Å². The molecule has 0 saturated carbocycles. The highest BCUT2D eigenvalue weighted by molar-refractivity contribution is 7.09. The molecular formula is C15H16ClNO3S. The van der Waals surface area contributed by atoms with E-state index in [9.17, 15) is 4.79 Å². The predicted octanol–water partition coefficient (Wildman–Crippen LogP) is 4.12. The summed E-state index contributed by atoms with van der Waals surface area (Å²) in [7, 11) is 0. The molecule has 0 aliphatic carbocycles. The van der Waals surface area contributed by atoms with Crippen LogP contribution in [-0.4, -0.2) is 22.7 Å². The van der Waals surface area contributed by atoms with E-state index in [0.29, 0.717) is 24.0 Å². The molecule has 0 radical (unpaired) electrons. The lowest BCUT2D eigenvalue weighted by atomic mass is 10.1. The summed E-state index contributed by atoms with van der Waals surface area (Å²) < 4.78 is 5.78. The number of hydrogen-bond donors (Lipinski definition) is 1. The molecule has 0 fully saturated rings. The second-order valence-corrected chi connectivity index (χ2v) is 6.44. The van der Waals surface area contributed by atoms with Crippen molar-refractivity contribution in [2.45, 2.75) is 20.3 Å². The van der Waals surface area contributed by atoms with Crippen LogP contribution >= 0.6 is 22.9 Å². The van der Waals surface area contributed by atoms with Crippen LogP contribution < -0.4 is 4.74 Å². The third kappa shape index (κ3) is 4.44. The van der Waals surface area contributed by atoms with Crippen LogP contribution in [0.4, 0.5) is 0 Å². The minimum absolute atomic E-state index is 0.0710. The van der Waals surface area contributed by atoms with Gasteiger partial charge in [0.15, 0.2) is 5.69 Å². The molecule has 0 atom stereocenters. The molecule has 112 valence electrons. The molecule has 0 amide bonds. The minimum Gasteiger partial charge on any atom is -0.493 e. The second-order valence-electron chi connectivity index (χ2n) is 5.07. The van der Waals surface area contributed by atoms with E-state index in [1.54, 1.807) is 6.07 Å². The molecule has 6 heteroatoms. The summed E-state index contributed by atoms with van der Waals surface area (Å²) >= 11 is 7.36. The number of carboxylic acids is 1. The Kier molecular flexibility index (Phi) is 5.20. The van der Waals surface area contributed by atoms with Crippen molar-refractivity contribution in [1.29, 1.82) is 0 Å². The van der Waals surface area contributed by atoms with Gasteiger partial charge in [-0.3, -0.25) is 0 Å². The Morgan fingerprint density at radius 2 is 2.24 bits per heavy atom. The van der Waals surface area contributed by atoms with Gasteiger partial charge in [-0.15, -0.1) is 11.3 Å². The van der Waals surface area contributed by atoms with Gasteiger partial charge in [0.1, 0.15) is 5.75 Å². The van der Waals surface area contributed by atoms with E-state index < -0.39 is 5.97 Å². The molecule has 1 aromatic carbocycles. The molecule has 0 aliphatic heterocycles. The van der Waals surface area contributed by atoms with E-state index in [2.05, 4.69) is 18.8 Å². The first-order chi connectivity index (χ1) is 9.95. The number of carboxylic acid groups (broad SMARTS) is 1. The van der Waals surface area contributed by atoms with E-state index >= 15 is 0 Å². The lowest BCUT2D eigenvalue weighted by molar-refractivity contribution is 0.0691. The summed E-state index contributed by atoms with van der Waals surface area (Å²) in [4.78, 5) is 15.0. The van der Waals surface area contributed by atoms with Crippen molar-refractivity contribution < 1.29 is 14.6 Å². The summed E-state index contributed by atoms with van der Waals surface area (Å²) in [6, 6.07) is 5.45. The largest absolute Gasteiger partial charge is 0.493 e. The molecule has 0 saturated heterocycles. The Balaban J connectivity index is 2.20.